The molecule has 2 aromatic rings. The van der Waals surface area contributed by atoms with Crippen LogP contribution in [-0.2, 0) is 21.2 Å². The maximum atomic E-state index is 13.0. The van der Waals surface area contributed by atoms with Crippen molar-refractivity contribution in [1.29, 1.82) is 0 Å². The molecule has 0 N–H and O–H groups in total. The highest BCUT2D eigenvalue weighted by Crippen LogP contribution is 2.34. The van der Waals surface area contributed by atoms with Crippen molar-refractivity contribution in [2.45, 2.75) is 42.2 Å². The van der Waals surface area contributed by atoms with Gasteiger partial charge >= 0.3 is 0 Å². The maximum Gasteiger partial charge on any atom is 0.243 e. The highest BCUT2D eigenvalue weighted by molar-refractivity contribution is 8.00. The minimum atomic E-state index is -3.51. The van der Waals surface area contributed by atoms with Crippen molar-refractivity contribution in [2.24, 2.45) is 0 Å². The molecule has 1 amide bonds. The number of halogens is 1. The van der Waals surface area contributed by atoms with Gasteiger partial charge in [-0.1, -0.05) is 25.4 Å². The number of hydrogen-bond acceptors (Lipinski definition) is 4. The first-order chi connectivity index (χ1) is 13.8. The fourth-order valence-electron chi connectivity index (χ4n) is 3.47. The van der Waals surface area contributed by atoms with E-state index >= 15 is 0 Å². The zero-order valence-corrected chi connectivity index (χ0v) is 19.1. The first-order valence-electron chi connectivity index (χ1n) is 9.64. The van der Waals surface area contributed by atoms with E-state index in [2.05, 4.69) is 0 Å². The Kier molecular flexibility index (Phi) is 6.94. The molecule has 0 spiro atoms. The smallest absolute Gasteiger partial charge is 0.243 e. The van der Waals surface area contributed by atoms with E-state index in [-0.39, 0.29) is 16.1 Å². The standard InChI is InChI=1S/C21H25ClN2O3S2/c1-4-23(5-2)29(26,27)19-10-11-20-16(14-19)12-13-24(20)21(25)15(3)28-18-8-6-17(22)7-9-18/h6-11,14-15H,4-5,12-13H2,1-3H3. The Balaban J connectivity index is 1.78. The number of nitrogens with zero attached hydrogens (tertiary/aromatic N) is 2. The van der Waals surface area contributed by atoms with Crippen LogP contribution in [0.3, 0.4) is 0 Å². The summed E-state index contributed by atoms with van der Waals surface area (Å²) in [5.41, 5.74) is 1.70. The Morgan fingerprint density at radius 3 is 2.45 bits per heavy atom. The third-order valence-corrected chi connectivity index (χ3v) is 8.43. The van der Waals surface area contributed by atoms with Crippen LogP contribution in [0.5, 0.6) is 0 Å². The molecule has 1 aliphatic heterocycles. The van der Waals surface area contributed by atoms with Gasteiger partial charge in [-0.2, -0.15) is 4.31 Å². The number of anilines is 1. The van der Waals surface area contributed by atoms with Gasteiger partial charge in [0.1, 0.15) is 0 Å². The fourth-order valence-corrected chi connectivity index (χ4v) is 6.03. The lowest BCUT2D eigenvalue weighted by Crippen LogP contribution is -2.35. The predicted octanol–water partition coefficient (Wildman–Crippen LogP) is 4.44. The number of hydrogen-bond donors (Lipinski definition) is 0. The molecule has 0 fully saturated rings. The topological polar surface area (TPSA) is 57.7 Å². The summed E-state index contributed by atoms with van der Waals surface area (Å²) >= 11 is 7.41. The predicted molar refractivity (Wildman–Crippen MR) is 119 cm³/mol. The highest BCUT2D eigenvalue weighted by atomic mass is 35.5. The molecule has 8 heteroatoms. The Labute approximate surface area is 182 Å². The molecular formula is C21H25ClN2O3S2. The van der Waals surface area contributed by atoms with Gasteiger partial charge in [0, 0.05) is 35.2 Å². The Bertz CT molecular complexity index is 989. The van der Waals surface area contributed by atoms with E-state index in [4.69, 9.17) is 11.6 Å². The van der Waals surface area contributed by atoms with Gasteiger partial charge in [-0.05, 0) is 61.4 Å². The van der Waals surface area contributed by atoms with Gasteiger partial charge in [-0.3, -0.25) is 4.79 Å². The molecule has 1 atom stereocenters. The zero-order chi connectivity index (χ0) is 21.2. The number of carbonyl (C=O) groups excluding carboxylic acids is 1. The van der Waals surface area contributed by atoms with Crippen LogP contribution in [0.1, 0.15) is 26.3 Å². The van der Waals surface area contributed by atoms with Crippen molar-refractivity contribution in [3.05, 3.63) is 53.1 Å². The summed E-state index contributed by atoms with van der Waals surface area (Å²) in [5.74, 6) is 0.0167. The summed E-state index contributed by atoms with van der Waals surface area (Å²) in [6.07, 6.45) is 0.654. The van der Waals surface area contributed by atoms with E-state index in [9.17, 15) is 13.2 Å². The van der Waals surface area contributed by atoms with Crippen molar-refractivity contribution >= 4 is 45.0 Å². The monoisotopic (exact) mass is 452 g/mol. The minimum Gasteiger partial charge on any atom is -0.311 e. The second-order valence-electron chi connectivity index (χ2n) is 6.83. The quantitative estimate of drug-likeness (QED) is 0.582. The van der Waals surface area contributed by atoms with Crippen molar-refractivity contribution < 1.29 is 13.2 Å². The second-order valence-corrected chi connectivity index (χ2v) is 10.6. The van der Waals surface area contributed by atoms with Crippen molar-refractivity contribution in [2.75, 3.05) is 24.5 Å². The lowest BCUT2D eigenvalue weighted by Gasteiger charge is -2.22. The van der Waals surface area contributed by atoms with Crippen LogP contribution in [0.25, 0.3) is 0 Å². The van der Waals surface area contributed by atoms with Gasteiger partial charge in [0.2, 0.25) is 15.9 Å². The molecule has 0 saturated heterocycles. The molecular weight excluding hydrogens is 428 g/mol. The SMILES string of the molecule is CCN(CC)S(=O)(=O)c1ccc2c(c1)CCN2C(=O)C(C)Sc1ccc(Cl)cc1. The van der Waals surface area contributed by atoms with E-state index in [1.165, 1.54) is 16.1 Å². The second kappa shape index (κ2) is 9.08. The zero-order valence-electron chi connectivity index (χ0n) is 16.8. The van der Waals surface area contributed by atoms with Gasteiger partial charge in [-0.15, -0.1) is 11.8 Å². The number of amides is 1. The van der Waals surface area contributed by atoms with E-state index in [1.54, 1.807) is 23.1 Å². The van der Waals surface area contributed by atoms with Crippen molar-refractivity contribution in [3.63, 3.8) is 0 Å². The first-order valence-corrected chi connectivity index (χ1v) is 12.3. The largest absolute Gasteiger partial charge is 0.311 e. The minimum absolute atomic E-state index is 0.0167. The Morgan fingerprint density at radius 2 is 1.83 bits per heavy atom. The summed E-state index contributed by atoms with van der Waals surface area (Å²) in [5, 5.41) is 0.401. The van der Waals surface area contributed by atoms with Crippen molar-refractivity contribution in [3.8, 4) is 0 Å². The number of fused-ring (bicyclic) bond motifs is 1. The molecule has 156 valence electrons. The number of benzene rings is 2. The van der Waals surface area contributed by atoms with Crippen LogP contribution in [0.2, 0.25) is 5.02 Å². The average molecular weight is 453 g/mol. The molecule has 0 aromatic heterocycles. The van der Waals surface area contributed by atoms with Gasteiger partial charge < -0.3 is 4.90 Å². The molecule has 2 aromatic carbocycles. The van der Waals surface area contributed by atoms with E-state index in [0.29, 0.717) is 31.1 Å². The van der Waals surface area contributed by atoms with Crippen LogP contribution in [0.15, 0.2) is 52.3 Å². The molecule has 29 heavy (non-hydrogen) atoms. The number of rotatable bonds is 7. The van der Waals surface area contributed by atoms with E-state index in [0.717, 1.165) is 16.1 Å². The van der Waals surface area contributed by atoms with Crippen LogP contribution in [0.4, 0.5) is 5.69 Å². The molecule has 1 heterocycles. The summed E-state index contributed by atoms with van der Waals surface area (Å²) in [6.45, 7) is 6.97. The summed E-state index contributed by atoms with van der Waals surface area (Å²) < 4.78 is 27.0. The van der Waals surface area contributed by atoms with Gasteiger partial charge in [-0.25, -0.2) is 8.42 Å². The molecule has 1 unspecified atom stereocenters. The Hall–Kier alpha value is -1.54. The van der Waals surface area contributed by atoms with Gasteiger partial charge in [0.25, 0.3) is 0 Å². The van der Waals surface area contributed by atoms with Crippen LogP contribution in [0, 0.1) is 0 Å². The molecule has 3 rings (SSSR count). The number of thioether (sulfide) groups is 1. The third kappa shape index (κ3) is 4.63. The third-order valence-electron chi connectivity index (χ3n) is 5.03. The molecule has 0 radical (unpaired) electrons. The normalized spacial score (nSPS) is 14.9. The van der Waals surface area contributed by atoms with Crippen molar-refractivity contribution in [1.82, 2.24) is 4.31 Å². The lowest BCUT2D eigenvalue weighted by molar-refractivity contribution is -0.117. The van der Waals surface area contributed by atoms with Crippen LogP contribution in [-0.4, -0.2) is 43.5 Å². The first kappa shape index (κ1) is 22.2. The van der Waals surface area contributed by atoms with E-state index in [1.807, 2.05) is 45.0 Å². The van der Waals surface area contributed by atoms with Crippen LogP contribution < -0.4 is 4.90 Å². The fraction of sp³-hybridized carbons (Fsp3) is 0.381. The summed E-state index contributed by atoms with van der Waals surface area (Å²) in [7, 11) is -3.51. The van der Waals surface area contributed by atoms with Crippen LogP contribution >= 0.6 is 23.4 Å². The summed E-state index contributed by atoms with van der Waals surface area (Å²) in [4.78, 5) is 16.0. The van der Waals surface area contributed by atoms with Gasteiger partial charge in [0.05, 0.1) is 10.1 Å². The maximum absolute atomic E-state index is 13.0. The number of carbonyl (C=O) groups is 1. The molecule has 1 aliphatic rings. The van der Waals surface area contributed by atoms with Gasteiger partial charge in [0.15, 0.2) is 0 Å². The summed E-state index contributed by atoms with van der Waals surface area (Å²) in [6, 6.07) is 12.5. The molecule has 5 nitrogen and oxygen atoms in total. The molecule has 0 bridgehead atoms. The highest BCUT2D eigenvalue weighted by Gasteiger charge is 2.30. The number of sulfonamides is 1. The lowest BCUT2D eigenvalue weighted by atomic mass is 10.2. The molecule has 0 saturated carbocycles. The molecule has 0 aliphatic carbocycles. The Morgan fingerprint density at radius 1 is 1.17 bits per heavy atom. The average Bonchev–Trinajstić information content (AvgIpc) is 3.13. The van der Waals surface area contributed by atoms with E-state index < -0.39 is 10.0 Å².